The van der Waals surface area contributed by atoms with Gasteiger partial charge >= 0.3 is 0 Å². The van der Waals surface area contributed by atoms with E-state index in [0.29, 0.717) is 33.2 Å². The summed E-state index contributed by atoms with van der Waals surface area (Å²) in [4.78, 5) is 12.6. The van der Waals surface area contributed by atoms with Gasteiger partial charge in [-0.3, -0.25) is 9.48 Å². The van der Waals surface area contributed by atoms with Gasteiger partial charge in [0.1, 0.15) is 5.75 Å². The first-order chi connectivity index (χ1) is 15.8. The van der Waals surface area contributed by atoms with Crippen LogP contribution in [0.15, 0.2) is 59.2 Å². The van der Waals surface area contributed by atoms with Gasteiger partial charge in [-0.05, 0) is 43.3 Å². The molecule has 0 fully saturated rings. The fraction of sp³-hybridized carbons (Fsp3) is 0.136. The predicted molar refractivity (Wildman–Crippen MR) is 132 cm³/mol. The van der Waals surface area contributed by atoms with Crippen LogP contribution >= 0.6 is 50.7 Å². The lowest BCUT2D eigenvalue weighted by Crippen LogP contribution is -2.15. The molecule has 0 aliphatic rings. The molecule has 0 spiro atoms. The summed E-state index contributed by atoms with van der Waals surface area (Å²) in [7, 11) is 0. The Hall–Kier alpha value is -2.52. The number of anilines is 1. The fourth-order valence-corrected chi connectivity index (χ4v) is 4.27. The Labute approximate surface area is 213 Å². The van der Waals surface area contributed by atoms with Crippen molar-refractivity contribution in [1.29, 1.82) is 0 Å². The molecular weight excluding hydrogens is 553 g/mol. The van der Waals surface area contributed by atoms with E-state index in [2.05, 4.69) is 31.4 Å². The third-order valence-electron chi connectivity index (χ3n) is 4.71. The minimum absolute atomic E-state index is 0.0982. The van der Waals surface area contributed by atoms with Gasteiger partial charge in [-0.25, -0.2) is 4.68 Å². The van der Waals surface area contributed by atoms with E-state index in [1.165, 1.54) is 4.68 Å². The van der Waals surface area contributed by atoms with Gasteiger partial charge in [0.2, 0.25) is 0 Å². The number of ether oxygens (including phenoxy) is 1. The van der Waals surface area contributed by atoms with Gasteiger partial charge in [-0.2, -0.15) is 10.2 Å². The van der Waals surface area contributed by atoms with Gasteiger partial charge in [0.05, 0.1) is 11.6 Å². The van der Waals surface area contributed by atoms with Crippen LogP contribution in [0.2, 0.25) is 15.1 Å². The quantitative estimate of drug-likeness (QED) is 0.278. The van der Waals surface area contributed by atoms with Crippen LogP contribution in [0.1, 0.15) is 21.7 Å². The van der Waals surface area contributed by atoms with Crippen molar-refractivity contribution in [2.24, 2.45) is 0 Å². The lowest BCUT2D eigenvalue weighted by Gasteiger charge is -2.08. The Morgan fingerprint density at radius 3 is 2.55 bits per heavy atom. The molecule has 2 aromatic heterocycles. The normalized spacial score (nSPS) is 10.9. The second-order valence-electron chi connectivity index (χ2n) is 7.07. The second-order valence-corrected chi connectivity index (χ2v) is 9.21. The molecule has 0 radical (unpaired) electrons. The van der Waals surface area contributed by atoms with Gasteiger partial charge in [-0.15, -0.1) is 0 Å². The van der Waals surface area contributed by atoms with Crippen molar-refractivity contribution in [3.63, 3.8) is 0 Å². The number of carbonyl (C=O) groups is 1. The minimum atomic E-state index is -0.393. The monoisotopic (exact) mass is 567 g/mol. The Balaban J connectivity index is 1.40. The highest BCUT2D eigenvalue weighted by Gasteiger charge is 2.15. The van der Waals surface area contributed by atoms with E-state index in [-0.39, 0.29) is 12.4 Å². The zero-order valence-electron chi connectivity index (χ0n) is 17.2. The Kier molecular flexibility index (Phi) is 7.29. The topological polar surface area (TPSA) is 74.0 Å². The molecule has 0 saturated carbocycles. The van der Waals surface area contributed by atoms with E-state index in [9.17, 15) is 4.79 Å². The Morgan fingerprint density at radius 2 is 1.82 bits per heavy atom. The number of aryl methyl sites for hydroxylation is 1. The summed E-state index contributed by atoms with van der Waals surface area (Å²) in [5.41, 5.74) is 1.82. The van der Waals surface area contributed by atoms with E-state index in [0.717, 1.165) is 15.7 Å². The highest BCUT2D eigenvalue weighted by Crippen LogP contribution is 2.28. The van der Waals surface area contributed by atoms with E-state index < -0.39 is 5.91 Å². The molecular formula is C22H17BrCl3N5O2. The number of nitrogens with one attached hydrogen (secondary N) is 1. The third kappa shape index (κ3) is 5.70. The first kappa shape index (κ1) is 23.6. The smallest absolute Gasteiger partial charge is 0.277 e. The van der Waals surface area contributed by atoms with E-state index >= 15 is 0 Å². The SMILES string of the molecule is Cc1cc(NC(=O)c2ccn(COc3ccc(Br)cc3Cl)n2)nn1Cc1c(Cl)cccc1Cl. The maximum Gasteiger partial charge on any atom is 0.277 e. The van der Waals surface area contributed by atoms with E-state index in [1.807, 2.05) is 13.0 Å². The maximum absolute atomic E-state index is 12.6. The number of halogens is 4. The highest BCUT2D eigenvalue weighted by molar-refractivity contribution is 9.10. The standard InChI is InChI=1S/C22H17BrCl3N5O2/c1-13-9-21(29-31(13)11-15-16(24)3-2-4-17(15)25)27-22(32)19-7-8-30(28-19)12-33-20-6-5-14(23)10-18(20)26/h2-10H,11-12H2,1H3,(H,27,29,32). The average Bonchev–Trinajstić information content (AvgIpc) is 3.37. The number of aromatic nitrogens is 4. The van der Waals surface area contributed by atoms with Crippen molar-refractivity contribution in [3.8, 4) is 5.75 Å². The first-order valence-corrected chi connectivity index (χ1v) is 11.6. The molecule has 1 N–H and O–H groups in total. The molecule has 0 saturated heterocycles. The minimum Gasteiger partial charge on any atom is -0.470 e. The van der Waals surface area contributed by atoms with Crippen molar-refractivity contribution < 1.29 is 9.53 Å². The molecule has 2 aromatic carbocycles. The number of nitrogens with zero attached hydrogens (tertiary/aromatic N) is 4. The van der Waals surface area contributed by atoms with Crippen LogP contribution in [-0.4, -0.2) is 25.5 Å². The number of benzene rings is 2. The Bertz CT molecular complexity index is 1300. The van der Waals surface area contributed by atoms with Crippen molar-refractivity contribution in [3.05, 3.63) is 91.2 Å². The fourth-order valence-electron chi connectivity index (χ4n) is 3.03. The number of carbonyl (C=O) groups excluding carboxylic acids is 1. The summed E-state index contributed by atoms with van der Waals surface area (Å²) in [6.45, 7) is 2.36. The molecule has 4 rings (SSSR count). The summed E-state index contributed by atoms with van der Waals surface area (Å²) in [6, 6.07) is 14.0. The molecule has 0 atom stereocenters. The molecule has 0 bridgehead atoms. The van der Waals surface area contributed by atoms with Gasteiger partial charge in [-0.1, -0.05) is 56.8 Å². The zero-order valence-corrected chi connectivity index (χ0v) is 21.1. The van der Waals surface area contributed by atoms with Gasteiger partial charge in [0, 0.05) is 38.0 Å². The van der Waals surface area contributed by atoms with Crippen molar-refractivity contribution in [2.75, 3.05) is 5.32 Å². The molecule has 0 aliphatic heterocycles. The summed E-state index contributed by atoms with van der Waals surface area (Å²) in [5.74, 6) is 0.518. The highest BCUT2D eigenvalue weighted by atomic mass is 79.9. The zero-order chi connectivity index (χ0) is 23.5. The van der Waals surface area contributed by atoms with E-state index in [1.54, 1.807) is 53.3 Å². The van der Waals surface area contributed by atoms with Gasteiger partial charge in [0.25, 0.3) is 5.91 Å². The van der Waals surface area contributed by atoms with E-state index in [4.69, 9.17) is 39.5 Å². The predicted octanol–water partition coefficient (Wildman–Crippen LogP) is 6.45. The Morgan fingerprint density at radius 1 is 1.06 bits per heavy atom. The van der Waals surface area contributed by atoms with Crippen LogP contribution in [0, 0.1) is 6.92 Å². The van der Waals surface area contributed by atoms with Crippen molar-refractivity contribution >= 4 is 62.5 Å². The van der Waals surface area contributed by atoms with Gasteiger partial charge in [0.15, 0.2) is 18.2 Å². The summed E-state index contributed by atoms with van der Waals surface area (Å²) >= 11 is 22.0. The summed E-state index contributed by atoms with van der Waals surface area (Å²) in [5, 5.41) is 13.0. The number of hydrogen-bond acceptors (Lipinski definition) is 4. The molecule has 7 nitrogen and oxygen atoms in total. The van der Waals surface area contributed by atoms with Crippen LogP contribution < -0.4 is 10.1 Å². The molecule has 1 amide bonds. The average molecular weight is 570 g/mol. The van der Waals surface area contributed by atoms with Crippen molar-refractivity contribution in [1.82, 2.24) is 19.6 Å². The molecule has 4 aromatic rings. The van der Waals surface area contributed by atoms with Crippen molar-refractivity contribution in [2.45, 2.75) is 20.2 Å². The number of amides is 1. The second kappa shape index (κ2) is 10.2. The summed E-state index contributed by atoms with van der Waals surface area (Å²) < 4.78 is 9.73. The van der Waals surface area contributed by atoms with Gasteiger partial charge < -0.3 is 10.1 Å². The molecule has 11 heteroatoms. The van der Waals surface area contributed by atoms with Crippen LogP contribution in [0.4, 0.5) is 5.82 Å². The lowest BCUT2D eigenvalue weighted by molar-refractivity contribution is 0.101. The molecule has 170 valence electrons. The first-order valence-electron chi connectivity index (χ1n) is 9.70. The number of hydrogen-bond donors (Lipinski definition) is 1. The number of rotatable bonds is 7. The maximum atomic E-state index is 12.6. The molecule has 2 heterocycles. The summed E-state index contributed by atoms with van der Waals surface area (Å²) in [6.07, 6.45) is 1.64. The van der Waals surface area contributed by atoms with Crippen LogP contribution in [0.25, 0.3) is 0 Å². The third-order valence-corrected chi connectivity index (χ3v) is 6.21. The van der Waals surface area contributed by atoms with Crippen LogP contribution in [-0.2, 0) is 13.3 Å². The lowest BCUT2D eigenvalue weighted by atomic mass is 10.2. The van der Waals surface area contributed by atoms with Crippen LogP contribution in [0.3, 0.4) is 0 Å². The molecule has 0 unspecified atom stereocenters. The molecule has 33 heavy (non-hydrogen) atoms. The van der Waals surface area contributed by atoms with Crippen LogP contribution in [0.5, 0.6) is 5.75 Å². The largest absolute Gasteiger partial charge is 0.470 e. The molecule has 0 aliphatic carbocycles.